The van der Waals surface area contributed by atoms with Gasteiger partial charge in [0.25, 0.3) is 0 Å². The SMILES string of the molecule is Cc1cccc(-n2cc(-c3ccc(F)cc3)c(C)c2C)c1. The Hall–Kier alpha value is -2.35. The van der Waals surface area contributed by atoms with Crippen LogP contribution in [0.25, 0.3) is 16.8 Å². The molecule has 1 heterocycles. The van der Waals surface area contributed by atoms with Gasteiger partial charge in [-0.05, 0) is 61.7 Å². The maximum absolute atomic E-state index is 13.1. The Kier molecular flexibility index (Phi) is 3.38. The van der Waals surface area contributed by atoms with Crippen LogP contribution in [0.1, 0.15) is 16.8 Å². The number of rotatable bonds is 2. The maximum atomic E-state index is 13.1. The van der Waals surface area contributed by atoms with Gasteiger partial charge < -0.3 is 4.57 Å². The highest BCUT2D eigenvalue weighted by Crippen LogP contribution is 2.29. The van der Waals surface area contributed by atoms with Crippen molar-refractivity contribution >= 4 is 0 Å². The Bertz CT molecular complexity index is 782. The van der Waals surface area contributed by atoms with E-state index in [0.717, 1.165) is 16.8 Å². The largest absolute Gasteiger partial charge is 0.320 e. The third kappa shape index (κ3) is 2.49. The summed E-state index contributed by atoms with van der Waals surface area (Å²) < 4.78 is 15.3. The van der Waals surface area contributed by atoms with E-state index in [9.17, 15) is 4.39 Å². The van der Waals surface area contributed by atoms with Gasteiger partial charge in [0.15, 0.2) is 0 Å². The molecule has 1 nitrogen and oxygen atoms in total. The van der Waals surface area contributed by atoms with E-state index in [4.69, 9.17) is 0 Å². The second-order valence-electron chi connectivity index (χ2n) is 5.47. The van der Waals surface area contributed by atoms with Crippen LogP contribution in [0.4, 0.5) is 4.39 Å². The number of nitrogens with zero attached hydrogens (tertiary/aromatic N) is 1. The van der Waals surface area contributed by atoms with E-state index in [1.165, 1.54) is 29.0 Å². The van der Waals surface area contributed by atoms with Gasteiger partial charge in [-0.3, -0.25) is 0 Å². The minimum atomic E-state index is -0.203. The van der Waals surface area contributed by atoms with E-state index in [0.29, 0.717) is 0 Å². The molecule has 3 aromatic rings. The van der Waals surface area contributed by atoms with Gasteiger partial charge in [0, 0.05) is 23.1 Å². The summed E-state index contributed by atoms with van der Waals surface area (Å²) in [6.07, 6.45) is 2.13. The zero-order valence-electron chi connectivity index (χ0n) is 12.5. The zero-order valence-corrected chi connectivity index (χ0v) is 12.5. The first kappa shape index (κ1) is 13.6. The van der Waals surface area contributed by atoms with Gasteiger partial charge in [-0.2, -0.15) is 0 Å². The average molecular weight is 279 g/mol. The third-order valence-electron chi connectivity index (χ3n) is 4.00. The molecule has 0 amide bonds. The minimum absolute atomic E-state index is 0.203. The molecule has 0 aliphatic rings. The number of hydrogen-bond donors (Lipinski definition) is 0. The molecule has 0 bridgehead atoms. The first-order valence-corrected chi connectivity index (χ1v) is 7.08. The summed E-state index contributed by atoms with van der Waals surface area (Å²) in [7, 11) is 0. The topological polar surface area (TPSA) is 4.93 Å². The van der Waals surface area contributed by atoms with E-state index in [2.05, 4.69) is 55.8 Å². The van der Waals surface area contributed by atoms with Crippen molar-refractivity contribution in [3.8, 4) is 16.8 Å². The molecule has 0 fully saturated rings. The van der Waals surface area contributed by atoms with Crippen molar-refractivity contribution in [2.75, 3.05) is 0 Å². The van der Waals surface area contributed by atoms with Crippen molar-refractivity contribution in [2.45, 2.75) is 20.8 Å². The van der Waals surface area contributed by atoms with E-state index < -0.39 is 0 Å². The lowest BCUT2D eigenvalue weighted by molar-refractivity contribution is 0.628. The molecular weight excluding hydrogens is 261 g/mol. The Labute approximate surface area is 124 Å². The quantitative estimate of drug-likeness (QED) is 0.607. The number of benzene rings is 2. The highest BCUT2D eigenvalue weighted by Gasteiger charge is 2.11. The Balaban J connectivity index is 2.13. The predicted octanol–water partition coefficient (Wildman–Crippen LogP) is 5.21. The molecule has 0 radical (unpaired) electrons. The second-order valence-corrected chi connectivity index (χ2v) is 5.47. The lowest BCUT2D eigenvalue weighted by Crippen LogP contribution is -1.95. The van der Waals surface area contributed by atoms with Crippen LogP contribution < -0.4 is 0 Å². The molecule has 0 saturated carbocycles. The van der Waals surface area contributed by atoms with Crippen molar-refractivity contribution in [2.24, 2.45) is 0 Å². The molecule has 2 aromatic carbocycles. The summed E-state index contributed by atoms with van der Waals surface area (Å²) in [5.41, 5.74) is 7.02. The summed E-state index contributed by atoms with van der Waals surface area (Å²) in [5, 5.41) is 0. The van der Waals surface area contributed by atoms with Crippen molar-refractivity contribution in [1.82, 2.24) is 4.57 Å². The molecular formula is C19H18FN. The van der Waals surface area contributed by atoms with Crippen molar-refractivity contribution in [1.29, 1.82) is 0 Å². The number of aryl methyl sites for hydroxylation is 1. The Morgan fingerprint density at radius 2 is 1.62 bits per heavy atom. The zero-order chi connectivity index (χ0) is 15.0. The molecule has 21 heavy (non-hydrogen) atoms. The van der Waals surface area contributed by atoms with Gasteiger partial charge in [0.2, 0.25) is 0 Å². The van der Waals surface area contributed by atoms with Crippen LogP contribution >= 0.6 is 0 Å². The molecule has 0 spiro atoms. The molecule has 0 atom stereocenters. The first-order valence-electron chi connectivity index (χ1n) is 7.08. The van der Waals surface area contributed by atoms with Gasteiger partial charge >= 0.3 is 0 Å². The van der Waals surface area contributed by atoms with Crippen LogP contribution in [0.3, 0.4) is 0 Å². The van der Waals surface area contributed by atoms with Crippen LogP contribution in [0.5, 0.6) is 0 Å². The van der Waals surface area contributed by atoms with E-state index in [1.807, 2.05) is 12.1 Å². The smallest absolute Gasteiger partial charge is 0.123 e. The fourth-order valence-electron chi connectivity index (χ4n) is 2.66. The minimum Gasteiger partial charge on any atom is -0.320 e. The molecule has 1 aromatic heterocycles. The van der Waals surface area contributed by atoms with Gasteiger partial charge in [-0.1, -0.05) is 24.3 Å². The maximum Gasteiger partial charge on any atom is 0.123 e. The van der Waals surface area contributed by atoms with Crippen LogP contribution in [-0.2, 0) is 0 Å². The number of hydrogen-bond acceptors (Lipinski definition) is 0. The summed E-state index contributed by atoms with van der Waals surface area (Å²) in [6, 6.07) is 15.1. The summed E-state index contributed by atoms with van der Waals surface area (Å²) in [4.78, 5) is 0. The van der Waals surface area contributed by atoms with Crippen LogP contribution in [-0.4, -0.2) is 4.57 Å². The molecule has 0 saturated heterocycles. The predicted molar refractivity (Wildman–Crippen MR) is 85.4 cm³/mol. The fraction of sp³-hybridized carbons (Fsp3) is 0.158. The van der Waals surface area contributed by atoms with Gasteiger partial charge in [0.1, 0.15) is 5.82 Å². The molecule has 2 heteroatoms. The summed E-state index contributed by atoms with van der Waals surface area (Å²) in [5.74, 6) is -0.203. The molecule has 3 rings (SSSR count). The lowest BCUT2D eigenvalue weighted by atomic mass is 10.0. The second kappa shape index (κ2) is 5.21. The highest BCUT2D eigenvalue weighted by atomic mass is 19.1. The van der Waals surface area contributed by atoms with Gasteiger partial charge in [-0.15, -0.1) is 0 Å². The van der Waals surface area contributed by atoms with Crippen molar-refractivity contribution < 1.29 is 4.39 Å². The van der Waals surface area contributed by atoms with Crippen LogP contribution in [0.2, 0.25) is 0 Å². The van der Waals surface area contributed by atoms with Crippen molar-refractivity contribution in [3.63, 3.8) is 0 Å². The third-order valence-corrected chi connectivity index (χ3v) is 4.00. The van der Waals surface area contributed by atoms with Crippen LogP contribution in [0, 0.1) is 26.6 Å². The molecule has 106 valence electrons. The van der Waals surface area contributed by atoms with Crippen LogP contribution in [0.15, 0.2) is 54.7 Å². The molecule has 0 aliphatic heterocycles. The Morgan fingerprint density at radius 3 is 2.29 bits per heavy atom. The first-order chi connectivity index (χ1) is 10.1. The van der Waals surface area contributed by atoms with E-state index >= 15 is 0 Å². The number of aromatic nitrogens is 1. The highest BCUT2D eigenvalue weighted by molar-refractivity contribution is 5.69. The van der Waals surface area contributed by atoms with Crippen molar-refractivity contribution in [3.05, 3.63) is 77.4 Å². The summed E-state index contributed by atoms with van der Waals surface area (Å²) >= 11 is 0. The molecule has 0 unspecified atom stereocenters. The average Bonchev–Trinajstić information content (AvgIpc) is 2.77. The normalized spacial score (nSPS) is 10.9. The lowest BCUT2D eigenvalue weighted by Gasteiger charge is -2.07. The fourth-order valence-corrected chi connectivity index (χ4v) is 2.66. The van der Waals surface area contributed by atoms with E-state index in [1.54, 1.807) is 0 Å². The molecule has 0 aliphatic carbocycles. The Morgan fingerprint density at radius 1 is 0.905 bits per heavy atom. The number of halogens is 1. The van der Waals surface area contributed by atoms with Gasteiger partial charge in [0.05, 0.1) is 0 Å². The summed E-state index contributed by atoms with van der Waals surface area (Å²) in [6.45, 7) is 6.32. The molecule has 0 N–H and O–H groups in total. The van der Waals surface area contributed by atoms with E-state index in [-0.39, 0.29) is 5.82 Å². The monoisotopic (exact) mass is 279 g/mol. The van der Waals surface area contributed by atoms with Gasteiger partial charge in [-0.25, -0.2) is 4.39 Å². The standard InChI is InChI=1S/C19H18FN/c1-13-5-4-6-18(11-13)21-12-19(14(2)15(21)3)16-7-9-17(20)10-8-16/h4-12H,1-3H3.